The average Bonchev–Trinajstić information content (AvgIpc) is 2.70. The number of rotatable bonds is 6. The maximum atomic E-state index is 3.48. The zero-order valence-electron chi connectivity index (χ0n) is 10.9. The predicted octanol–water partition coefficient (Wildman–Crippen LogP) is 3.87. The molecule has 0 amide bonds. The van der Waals surface area contributed by atoms with Crippen LogP contribution >= 0.6 is 11.8 Å². The molecule has 94 valence electrons. The van der Waals surface area contributed by atoms with Crippen molar-refractivity contribution in [2.24, 2.45) is 0 Å². The van der Waals surface area contributed by atoms with Gasteiger partial charge < -0.3 is 5.32 Å². The molecule has 1 N–H and O–H groups in total. The van der Waals surface area contributed by atoms with Crippen LogP contribution in [0.25, 0.3) is 0 Å². The van der Waals surface area contributed by atoms with Gasteiger partial charge in [-0.1, -0.05) is 38.5 Å². The van der Waals surface area contributed by atoms with Gasteiger partial charge in [-0.05, 0) is 37.4 Å². The van der Waals surface area contributed by atoms with Gasteiger partial charge in [0.05, 0.1) is 0 Å². The molecule has 0 saturated heterocycles. The Morgan fingerprint density at radius 3 is 2.88 bits per heavy atom. The summed E-state index contributed by atoms with van der Waals surface area (Å²) in [4.78, 5) is 1.51. The van der Waals surface area contributed by atoms with Crippen LogP contribution in [0.3, 0.4) is 0 Å². The minimum absolute atomic E-state index is 0.625. The van der Waals surface area contributed by atoms with Gasteiger partial charge in [-0.25, -0.2) is 0 Å². The van der Waals surface area contributed by atoms with Gasteiger partial charge in [-0.2, -0.15) is 0 Å². The van der Waals surface area contributed by atoms with Crippen molar-refractivity contribution in [2.45, 2.75) is 55.7 Å². The van der Waals surface area contributed by atoms with Gasteiger partial charge in [0.2, 0.25) is 0 Å². The van der Waals surface area contributed by atoms with Crippen LogP contribution in [-0.2, 0) is 6.42 Å². The maximum absolute atomic E-state index is 3.48. The molecule has 0 aromatic heterocycles. The summed E-state index contributed by atoms with van der Waals surface area (Å²) in [5.41, 5.74) is 1.56. The molecule has 0 fully saturated rings. The first-order chi connectivity index (χ1) is 8.25. The van der Waals surface area contributed by atoms with Crippen molar-refractivity contribution >= 4 is 11.8 Å². The molecule has 17 heavy (non-hydrogen) atoms. The molecule has 0 aliphatic carbocycles. The minimum atomic E-state index is 0.625. The van der Waals surface area contributed by atoms with E-state index in [4.69, 9.17) is 0 Å². The fraction of sp³-hybridized carbons (Fsp3) is 0.600. The van der Waals surface area contributed by atoms with Crippen LogP contribution in [0, 0.1) is 0 Å². The lowest BCUT2D eigenvalue weighted by atomic mass is 10.1. The van der Waals surface area contributed by atoms with Crippen LogP contribution in [0.1, 0.15) is 38.7 Å². The zero-order valence-corrected chi connectivity index (χ0v) is 11.7. The van der Waals surface area contributed by atoms with E-state index in [0.29, 0.717) is 6.04 Å². The van der Waals surface area contributed by atoms with Crippen LogP contribution in [-0.4, -0.2) is 17.8 Å². The summed E-state index contributed by atoms with van der Waals surface area (Å²) in [6.45, 7) is 5.59. The van der Waals surface area contributed by atoms with Crippen molar-refractivity contribution in [3.05, 3.63) is 29.8 Å². The topological polar surface area (TPSA) is 12.0 Å². The summed E-state index contributed by atoms with van der Waals surface area (Å²) in [6, 6.07) is 9.48. The minimum Gasteiger partial charge on any atom is -0.315 e. The van der Waals surface area contributed by atoms with Crippen molar-refractivity contribution in [1.82, 2.24) is 5.32 Å². The number of hydrogen-bond donors (Lipinski definition) is 1. The number of nitrogens with one attached hydrogen (secondary N) is 1. The third-order valence-corrected chi connectivity index (χ3v) is 4.61. The quantitative estimate of drug-likeness (QED) is 0.768. The molecule has 0 spiro atoms. The highest BCUT2D eigenvalue weighted by atomic mass is 32.2. The van der Waals surface area contributed by atoms with E-state index < -0.39 is 0 Å². The molecule has 2 heteroatoms. The van der Waals surface area contributed by atoms with Gasteiger partial charge in [0.25, 0.3) is 0 Å². The normalized spacial score (nSPS) is 18.6. The van der Waals surface area contributed by atoms with E-state index in [1.165, 1.54) is 37.1 Å². The third-order valence-electron chi connectivity index (χ3n) is 3.22. The number of fused-ring (bicyclic) bond motifs is 1. The second kappa shape index (κ2) is 6.46. The van der Waals surface area contributed by atoms with E-state index >= 15 is 0 Å². The van der Waals surface area contributed by atoms with Gasteiger partial charge in [-0.3, -0.25) is 0 Å². The Balaban J connectivity index is 1.63. The molecule has 0 radical (unpaired) electrons. The first-order valence-corrected chi connectivity index (χ1v) is 7.61. The fourth-order valence-electron chi connectivity index (χ4n) is 2.30. The van der Waals surface area contributed by atoms with Gasteiger partial charge in [0.15, 0.2) is 0 Å². The molecule has 1 aromatic rings. The van der Waals surface area contributed by atoms with E-state index in [2.05, 4.69) is 55.2 Å². The Bertz CT molecular complexity index is 324. The molecule has 1 nitrogen and oxygen atoms in total. The fourth-order valence-corrected chi connectivity index (χ4v) is 3.67. The highest BCUT2D eigenvalue weighted by Crippen LogP contribution is 2.38. The van der Waals surface area contributed by atoms with Crippen LogP contribution in [0.4, 0.5) is 0 Å². The lowest BCUT2D eigenvalue weighted by Gasteiger charge is -2.10. The number of hydrogen-bond acceptors (Lipinski definition) is 2. The molecule has 1 aliphatic rings. The van der Waals surface area contributed by atoms with Crippen LogP contribution in [0.2, 0.25) is 0 Å². The Labute approximate surface area is 109 Å². The monoisotopic (exact) mass is 249 g/mol. The Morgan fingerprint density at radius 2 is 2.12 bits per heavy atom. The Morgan fingerprint density at radius 1 is 1.29 bits per heavy atom. The van der Waals surface area contributed by atoms with Gasteiger partial charge in [0.1, 0.15) is 0 Å². The highest BCUT2D eigenvalue weighted by molar-refractivity contribution is 8.00. The molecule has 1 unspecified atom stereocenters. The lowest BCUT2D eigenvalue weighted by molar-refractivity contribution is 0.545. The molecule has 2 rings (SSSR count). The molecule has 0 bridgehead atoms. The highest BCUT2D eigenvalue weighted by Gasteiger charge is 2.20. The van der Waals surface area contributed by atoms with Crippen LogP contribution in [0.15, 0.2) is 29.2 Å². The number of benzene rings is 1. The van der Waals surface area contributed by atoms with E-state index in [1.54, 1.807) is 5.56 Å². The Kier molecular flexibility index (Phi) is 4.93. The molecule has 0 saturated carbocycles. The second-order valence-corrected chi connectivity index (χ2v) is 6.50. The summed E-state index contributed by atoms with van der Waals surface area (Å²) >= 11 is 2.08. The summed E-state index contributed by atoms with van der Waals surface area (Å²) < 4.78 is 0. The van der Waals surface area contributed by atoms with E-state index in [1.807, 2.05) is 0 Å². The number of unbranched alkanes of at least 4 members (excludes halogenated alkanes) is 1. The second-order valence-electron chi connectivity index (χ2n) is 5.16. The number of thioether (sulfide) groups is 1. The van der Waals surface area contributed by atoms with Crippen LogP contribution < -0.4 is 5.32 Å². The largest absolute Gasteiger partial charge is 0.315 e. The van der Waals surface area contributed by atoms with Crippen molar-refractivity contribution in [2.75, 3.05) is 6.54 Å². The average molecular weight is 249 g/mol. The standard InChI is InChI=1S/C15H23NS/c1-12(2)16-10-6-5-8-14-11-13-7-3-4-9-15(13)17-14/h3-4,7,9,12,14,16H,5-6,8,10-11H2,1-2H3. The molecular formula is C15H23NS. The lowest BCUT2D eigenvalue weighted by Crippen LogP contribution is -2.23. The van der Waals surface area contributed by atoms with Gasteiger partial charge >= 0.3 is 0 Å². The molecule has 1 atom stereocenters. The van der Waals surface area contributed by atoms with E-state index in [9.17, 15) is 0 Å². The zero-order chi connectivity index (χ0) is 12.1. The first kappa shape index (κ1) is 13.0. The van der Waals surface area contributed by atoms with Crippen molar-refractivity contribution in [3.63, 3.8) is 0 Å². The van der Waals surface area contributed by atoms with E-state index in [0.717, 1.165) is 5.25 Å². The molecule has 1 heterocycles. The van der Waals surface area contributed by atoms with Crippen molar-refractivity contribution < 1.29 is 0 Å². The van der Waals surface area contributed by atoms with Crippen molar-refractivity contribution in [3.8, 4) is 0 Å². The summed E-state index contributed by atoms with van der Waals surface area (Å²) in [5.74, 6) is 0. The van der Waals surface area contributed by atoms with Crippen LogP contribution in [0.5, 0.6) is 0 Å². The Hall–Kier alpha value is -0.470. The van der Waals surface area contributed by atoms with E-state index in [-0.39, 0.29) is 0 Å². The van der Waals surface area contributed by atoms with Gasteiger partial charge in [0, 0.05) is 16.2 Å². The molecular weight excluding hydrogens is 226 g/mol. The maximum Gasteiger partial charge on any atom is 0.0135 e. The molecule has 1 aromatic carbocycles. The molecule has 1 aliphatic heterocycles. The van der Waals surface area contributed by atoms with Gasteiger partial charge in [-0.15, -0.1) is 11.8 Å². The summed E-state index contributed by atoms with van der Waals surface area (Å²) in [7, 11) is 0. The summed E-state index contributed by atoms with van der Waals surface area (Å²) in [6.07, 6.45) is 5.30. The SMILES string of the molecule is CC(C)NCCCCC1Cc2ccccc2S1. The van der Waals surface area contributed by atoms with Crippen molar-refractivity contribution in [1.29, 1.82) is 0 Å². The summed E-state index contributed by atoms with van der Waals surface area (Å²) in [5, 5.41) is 4.31. The smallest absolute Gasteiger partial charge is 0.0135 e. The first-order valence-electron chi connectivity index (χ1n) is 6.73. The third kappa shape index (κ3) is 4.04. The predicted molar refractivity (Wildman–Crippen MR) is 76.8 cm³/mol.